The lowest BCUT2D eigenvalue weighted by Gasteiger charge is -2.33. The Morgan fingerprint density at radius 1 is 1.07 bits per heavy atom. The predicted octanol–water partition coefficient (Wildman–Crippen LogP) is 3.87. The van der Waals surface area contributed by atoms with Crippen LogP contribution in [0.4, 0.5) is 22.2 Å². The Labute approximate surface area is 175 Å². The second kappa shape index (κ2) is 9.17. The van der Waals surface area contributed by atoms with Gasteiger partial charge in [-0.05, 0) is 45.0 Å². The standard InChI is InChI=1S/C21H25N7O2/c1-21(2,3)28(20(29)30)12-11-25-18-13-15(7-8-23-18)16-5-4-6-17(26-16)27-19-14-22-9-10-24-19/h4-10,13-14H,11-12H2,1-3H3,(H,23,25)(H,29,30)(H,24,26,27). The fourth-order valence-corrected chi connectivity index (χ4v) is 2.86. The van der Waals surface area contributed by atoms with E-state index in [1.807, 2.05) is 51.1 Å². The molecule has 3 heterocycles. The first kappa shape index (κ1) is 21.0. The van der Waals surface area contributed by atoms with E-state index in [4.69, 9.17) is 0 Å². The third-order valence-corrected chi connectivity index (χ3v) is 4.31. The minimum Gasteiger partial charge on any atom is -0.465 e. The normalized spacial score (nSPS) is 11.0. The Morgan fingerprint density at radius 3 is 2.57 bits per heavy atom. The zero-order valence-electron chi connectivity index (χ0n) is 17.2. The minimum atomic E-state index is -0.942. The van der Waals surface area contributed by atoms with Gasteiger partial charge in [0, 0.05) is 42.8 Å². The Bertz CT molecular complexity index is 990. The summed E-state index contributed by atoms with van der Waals surface area (Å²) in [6, 6.07) is 9.43. The van der Waals surface area contributed by atoms with Gasteiger partial charge in [0.2, 0.25) is 0 Å². The molecular formula is C21H25N7O2. The fourth-order valence-electron chi connectivity index (χ4n) is 2.86. The average molecular weight is 407 g/mol. The van der Waals surface area contributed by atoms with Crippen molar-refractivity contribution in [3.63, 3.8) is 0 Å². The molecule has 3 aromatic heterocycles. The maximum atomic E-state index is 11.5. The lowest BCUT2D eigenvalue weighted by molar-refractivity contribution is 0.103. The first-order valence-electron chi connectivity index (χ1n) is 9.54. The largest absolute Gasteiger partial charge is 0.465 e. The number of nitrogens with zero attached hydrogens (tertiary/aromatic N) is 5. The third kappa shape index (κ3) is 5.63. The van der Waals surface area contributed by atoms with E-state index in [0.717, 1.165) is 11.3 Å². The van der Waals surface area contributed by atoms with Crippen molar-refractivity contribution >= 4 is 23.5 Å². The molecule has 0 saturated heterocycles. The molecule has 0 spiro atoms. The number of aromatic nitrogens is 4. The van der Waals surface area contributed by atoms with Crippen molar-refractivity contribution in [2.75, 3.05) is 23.7 Å². The molecule has 1 amide bonds. The van der Waals surface area contributed by atoms with Crippen molar-refractivity contribution < 1.29 is 9.90 Å². The van der Waals surface area contributed by atoms with Gasteiger partial charge >= 0.3 is 6.09 Å². The number of pyridine rings is 2. The quantitative estimate of drug-likeness (QED) is 0.540. The van der Waals surface area contributed by atoms with Crippen LogP contribution >= 0.6 is 0 Å². The summed E-state index contributed by atoms with van der Waals surface area (Å²) in [4.78, 5) is 30.0. The molecule has 156 valence electrons. The number of hydrogen-bond donors (Lipinski definition) is 3. The SMILES string of the molecule is CC(C)(C)N(CCNc1cc(-c2cccc(Nc3cnccn3)n2)ccn1)C(=O)O. The minimum absolute atomic E-state index is 0.348. The maximum absolute atomic E-state index is 11.5. The second-order valence-electron chi connectivity index (χ2n) is 7.59. The molecule has 3 N–H and O–H groups in total. The van der Waals surface area contributed by atoms with Gasteiger partial charge in [-0.3, -0.25) is 4.98 Å². The third-order valence-electron chi connectivity index (χ3n) is 4.31. The highest BCUT2D eigenvalue weighted by molar-refractivity contribution is 5.66. The van der Waals surface area contributed by atoms with Crippen molar-refractivity contribution in [2.24, 2.45) is 0 Å². The summed E-state index contributed by atoms with van der Waals surface area (Å²) in [7, 11) is 0. The van der Waals surface area contributed by atoms with Gasteiger partial charge in [-0.2, -0.15) is 0 Å². The molecule has 0 aromatic carbocycles. The lowest BCUT2D eigenvalue weighted by atomic mass is 10.1. The Balaban J connectivity index is 1.68. The van der Waals surface area contributed by atoms with E-state index in [2.05, 4.69) is 30.6 Å². The van der Waals surface area contributed by atoms with Crippen LogP contribution in [-0.4, -0.2) is 54.7 Å². The van der Waals surface area contributed by atoms with Crippen molar-refractivity contribution in [1.29, 1.82) is 0 Å². The van der Waals surface area contributed by atoms with E-state index in [0.29, 0.717) is 30.5 Å². The molecule has 3 aromatic rings. The molecule has 3 rings (SSSR count). The van der Waals surface area contributed by atoms with Gasteiger partial charge in [0.25, 0.3) is 0 Å². The highest BCUT2D eigenvalue weighted by atomic mass is 16.4. The molecule has 0 atom stereocenters. The van der Waals surface area contributed by atoms with Crippen molar-refractivity contribution in [3.05, 3.63) is 55.1 Å². The number of anilines is 3. The zero-order chi connectivity index (χ0) is 21.6. The van der Waals surface area contributed by atoms with Crippen molar-refractivity contribution in [2.45, 2.75) is 26.3 Å². The van der Waals surface area contributed by atoms with Gasteiger partial charge in [-0.1, -0.05) is 6.07 Å². The van der Waals surface area contributed by atoms with Crippen LogP contribution in [0.15, 0.2) is 55.1 Å². The van der Waals surface area contributed by atoms with Gasteiger partial charge in [0.1, 0.15) is 17.5 Å². The highest BCUT2D eigenvalue weighted by Crippen LogP contribution is 2.22. The first-order valence-corrected chi connectivity index (χ1v) is 9.54. The Kier molecular flexibility index (Phi) is 6.41. The highest BCUT2D eigenvalue weighted by Gasteiger charge is 2.25. The van der Waals surface area contributed by atoms with Crippen LogP contribution < -0.4 is 10.6 Å². The van der Waals surface area contributed by atoms with Crippen LogP contribution in [0.25, 0.3) is 11.3 Å². The molecule has 0 radical (unpaired) electrons. The Morgan fingerprint density at radius 2 is 1.87 bits per heavy atom. The smallest absolute Gasteiger partial charge is 0.407 e. The zero-order valence-corrected chi connectivity index (χ0v) is 17.2. The summed E-state index contributed by atoms with van der Waals surface area (Å²) in [5, 5.41) is 15.7. The summed E-state index contributed by atoms with van der Waals surface area (Å²) < 4.78 is 0. The molecule has 0 saturated carbocycles. The molecular weight excluding hydrogens is 382 g/mol. The van der Waals surface area contributed by atoms with E-state index in [1.165, 1.54) is 4.90 Å². The predicted molar refractivity (Wildman–Crippen MR) is 116 cm³/mol. The molecule has 0 unspecified atom stereocenters. The monoisotopic (exact) mass is 407 g/mol. The number of amides is 1. The van der Waals surface area contributed by atoms with Crippen molar-refractivity contribution in [1.82, 2.24) is 24.8 Å². The van der Waals surface area contributed by atoms with Crippen LogP contribution in [0.1, 0.15) is 20.8 Å². The van der Waals surface area contributed by atoms with E-state index < -0.39 is 11.6 Å². The van der Waals surface area contributed by atoms with Gasteiger partial charge in [0.15, 0.2) is 0 Å². The average Bonchev–Trinajstić information content (AvgIpc) is 2.71. The fraction of sp³-hybridized carbons (Fsp3) is 0.286. The molecule has 9 heteroatoms. The van der Waals surface area contributed by atoms with Crippen molar-refractivity contribution in [3.8, 4) is 11.3 Å². The topological polar surface area (TPSA) is 116 Å². The second-order valence-corrected chi connectivity index (χ2v) is 7.59. The van der Waals surface area contributed by atoms with Gasteiger partial charge in [0.05, 0.1) is 11.9 Å². The summed E-state index contributed by atoms with van der Waals surface area (Å²) in [5.74, 6) is 1.92. The van der Waals surface area contributed by atoms with Gasteiger partial charge in [-0.25, -0.2) is 19.7 Å². The number of carbonyl (C=O) groups is 1. The van der Waals surface area contributed by atoms with Crippen LogP contribution in [0, 0.1) is 0 Å². The summed E-state index contributed by atoms with van der Waals surface area (Å²) in [5.41, 5.74) is 1.20. The van der Waals surface area contributed by atoms with Gasteiger partial charge < -0.3 is 20.6 Å². The van der Waals surface area contributed by atoms with E-state index in [9.17, 15) is 9.90 Å². The van der Waals surface area contributed by atoms with E-state index >= 15 is 0 Å². The summed E-state index contributed by atoms with van der Waals surface area (Å²) in [6.45, 7) is 6.40. The molecule has 0 bridgehead atoms. The number of nitrogens with one attached hydrogen (secondary N) is 2. The molecule has 0 aliphatic carbocycles. The molecule has 0 aliphatic heterocycles. The molecule has 30 heavy (non-hydrogen) atoms. The van der Waals surface area contributed by atoms with E-state index in [1.54, 1.807) is 24.8 Å². The molecule has 0 aliphatic rings. The summed E-state index contributed by atoms with van der Waals surface area (Å²) >= 11 is 0. The molecule has 0 fully saturated rings. The number of hydrogen-bond acceptors (Lipinski definition) is 7. The van der Waals surface area contributed by atoms with Crippen LogP contribution in [-0.2, 0) is 0 Å². The van der Waals surface area contributed by atoms with Crippen LogP contribution in [0.3, 0.4) is 0 Å². The summed E-state index contributed by atoms with van der Waals surface area (Å²) in [6.07, 6.45) is 5.60. The Hall–Kier alpha value is -3.75. The van der Waals surface area contributed by atoms with Crippen LogP contribution in [0.5, 0.6) is 0 Å². The lowest BCUT2D eigenvalue weighted by Crippen LogP contribution is -2.47. The number of rotatable bonds is 7. The molecule has 9 nitrogen and oxygen atoms in total. The maximum Gasteiger partial charge on any atom is 0.407 e. The number of carboxylic acid groups (broad SMARTS) is 1. The van der Waals surface area contributed by atoms with E-state index in [-0.39, 0.29) is 0 Å². The van der Waals surface area contributed by atoms with Crippen LogP contribution in [0.2, 0.25) is 0 Å². The first-order chi connectivity index (χ1) is 14.3. The van der Waals surface area contributed by atoms with Gasteiger partial charge in [-0.15, -0.1) is 0 Å².